The number of aryl methyl sites for hydroxylation is 2. The lowest BCUT2D eigenvalue weighted by molar-refractivity contribution is -0.101. The fourth-order valence-electron chi connectivity index (χ4n) is 6.95. The molecule has 2 heterocycles. The highest BCUT2D eigenvalue weighted by molar-refractivity contribution is 5.15. The highest BCUT2D eigenvalue weighted by Crippen LogP contribution is 2.57. The van der Waals surface area contributed by atoms with E-state index in [-0.39, 0.29) is 0 Å². The summed E-state index contributed by atoms with van der Waals surface area (Å²) in [7, 11) is 0. The number of hydrogen-bond acceptors (Lipinski definition) is 3. The Kier molecular flexibility index (Phi) is 3.97. The van der Waals surface area contributed by atoms with E-state index < -0.39 is 0 Å². The van der Waals surface area contributed by atoms with E-state index in [1.807, 2.05) is 0 Å². The van der Waals surface area contributed by atoms with Crippen molar-refractivity contribution in [1.29, 1.82) is 0 Å². The minimum absolute atomic E-state index is 0.601. The second-order valence-corrected chi connectivity index (χ2v) is 9.50. The predicted molar refractivity (Wildman–Crippen MR) is 100 cm³/mol. The Morgan fingerprint density at radius 2 is 1.60 bits per heavy atom. The van der Waals surface area contributed by atoms with Crippen molar-refractivity contribution >= 4 is 0 Å². The van der Waals surface area contributed by atoms with Crippen LogP contribution >= 0.6 is 0 Å². The third-order valence-electron chi connectivity index (χ3n) is 7.81. The summed E-state index contributed by atoms with van der Waals surface area (Å²) in [5, 5.41) is 4.62. The van der Waals surface area contributed by atoms with Crippen LogP contribution in [0.3, 0.4) is 0 Å². The SMILES string of the molecule is CCn1cc(CN2CCN(C34CC5CC(CC(C5)C3)C4)CC2)c(C)n1. The van der Waals surface area contributed by atoms with Gasteiger partial charge in [-0.25, -0.2) is 0 Å². The molecule has 1 aromatic rings. The molecule has 5 fully saturated rings. The summed E-state index contributed by atoms with van der Waals surface area (Å²) >= 11 is 0. The lowest BCUT2D eigenvalue weighted by atomic mass is 9.52. The van der Waals surface area contributed by atoms with Gasteiger partial charge in [0.1, 0.15) is 0 Å². The molecule has 0 unspecified atom stereocenters. The third kappa shape index (κ3) is 2.86. The Bertz CT molecular complexity index is 591. The van der Waals surface area contributed by atoms with Gasteiger partial charge in [0.05, 0.1) is 5.69 Å². The second kappa shape index (κ2) is 6.09. The van der Waals surface area contributed by atoms with Crippen LogP contribution in [-0.4, -0.2) is 51.3 Å². The van der Waals surface area contributed by atoms with Crippen molar-refractivity contribution in [2.45, 2.75) is 71.0 Å². The maximum atomic E-state index is 4.62. The van der Waals surface area contributed by atoms with Crippen LogP contribution in [0.25, 0.3) is 0 Å². The molecule has 0 N–H and O–H groups in total. The summed E-state index contributed by atoms with van der Waals surface area (Å²) in [4.78, 5) is 5.58. The number of piperazine rings is 1. The molecule has 4 nitrogen and oxygen atoms in total. The quantitative estimate of drug-likeness (QED) is 0.839. The van der Waals surface area contributed by atoms with Crippen molar-refractivity contribution in [3.8, 4) is 0 Å². The Hall–Kier alpha value is -0.870. The molecule has 0 amide bonds. The highest BCUT2D eigenvalue weighted by Gasteiger charge is 2.53. The Morgan fingerprint density at radius 1 is 1.00 bits per heavy atom. The first-order chi connectivity index (χ1) is 12.1. The molecule has 6 rings (SSSR count). The van der Waals surface area contributed by atoms with Crippen molar-refractivity contribution in [1.82, 2.24) is 19.6 Å². The molecule has 4 aliphatic carbocycles. The molecule has 4 bridgehead atoms. The van der Waals surface area contributed by atoms with Crippen molar-refractivity contribution < 1.29 is 0 Å². The van der Waals surface area contributed by atoms with Gasteiger partial charge < -0.3 is 0 Å². The largest absolute Gasteiger partial charge is 0.296 e. The van der Waals surface area contributed by atoms with E-state index in [4.69, 9.17) is 0 Å². The normalized spacial score (nSPS) is 38.6. The monoisotopic (exact) mass is 342 g/mol. The summed E-state index contributed by atoms with van der Waals surface area (Å²) in [6, 6.07) is 0. The lowest BCUT2D eigenvalue weighted by Crippen LogP contribution is -2.63. The molecule has 1 aromatic heterocycles. The number of hydrogen-bond donors (Lipinski definition) is 0. The minimum atomic E-state index is 0.601. The lowest BCUT2D eigenvalue weighted by Gasteiger charge is -2.61. The van der Waals surface area contributed by atoms with E-state index in [2.05, 4.69) is 39.6 Å². The topological polar surface area (TPSA) is 24.3 Å². The van der Waals surface area contributed by atoms with Crippen LogP contribution < -0.4 is 0 Å². The molecule has 4 heteroatoms. The fourth-order valence-corrected chi connectivity index (χ4v) is 6.95. The van der Waals surface area contributed by atoms with E-state index in [1.54, 1.807) is 19.3 Å². The summed E-state index contributed by atoms with van der Waals surface area (Å²) in [5.74, 6) is 3.19. The molecule has 0 radical (unpaired) electrons. The van der Waals surface area contributed by atoms with Crippen molar-refractivity contribution in [2.24, 2.45) is 17.8 Å². The van der Waals surface area contributed by atoms with E-state index >= 15 is 0 Å². The maximum Gasteiger partial charge on any atom is 0.0638 e. The van der Waals surface area contributed by atoms with Crippen LogP contribution in [0.1, 0.15) is 56.7 Å². The summed E-state index contributed by atoms with van der Waals surface area (Å²) in [6.07, 6.45) is 11.5. The Morgan fingerprint density at radius 3 is 2.12 bits per heavy atom. The smallest absolute Gasteiger partial charge is 0.0638 e. The molecule has 0 spiro atoms. The molecule has 25 heavy (non-hydrogen) atoms. The van der Waals surface area contributed by atoms with Crippen LogP contribution in [0.15, 0.2) is 6.20 Å². The van der Waals surface area contributed by atoms with Gasteiger partial charge in [-0.1, -0.05) is 0 Å². The van der Waals surface area contributed by atoms with Crippen LogP contribution in [0.4, 0.5) is 0 Å². The van der Waals surface area contributed by atoms with Gasteiger partial charge in [-0.3, -0.25) is 14.5 Å². The highest BCUT2D eigenvalue weighted by atomic mass is 15.3. The van der Waals surface area contributed by atoms with Crippen molar-refractivity contribution in [2.75, 3.05) is 26.2 Å². The minimum Gasteiger partial charge on any atom is -0.296 e. The Balaban J connectivity index is 1.22. The zero-order valence-electron chi connectivity index (χ0n) is 16.1. The molecule has 1 saturated heterocycles. The van der Waals surface area contributed by atoms with Crippen molar-refractivity contribution in [3.05, 3.63) is 17.5 Å². The van der Waals surface area contributed by atoms with Gasteiger partial charge in [0, 0.05) is 56.6 Å². The third-order valence-corrected chi connectivity index (χ3v) is 7.81. The molecule has 0 atom stereocenters. The summed E-state index contributed by atoms with van der Waals surface area (Å²) in [5.41, 5.74) is 3.24. The van der Waals surface area contributed by atoms with Crippen LogP contribution in [0.2, 0.25) is 0 Å². The molecular weight excluding hydrogens is 308 g/mol. The number of nitrogens with zero attached hydrogens (tertiary/aromatic N) is 4. The van der Waals surface area contributed by atoms with Gasteiger partial charge in [0.25, 0.3) is 0 Å². The first-order valence-corrected chi connectivity index (χ1v) is 10.6. The molecule has 0 aromatic carbocycles. The van der Waals surface area contributed by atoms with Crippen LogP contribution in [-0.2, 0) is 13.1 Å². The van der Waals surface area contributed by atoms with E-state index in [0.29, 0.717) is 5.54 Å². The van der Waals surface area contributed by atoms with Gasteiger partial charge in [-0.05, 0) is 70.1 Å². The van der Waals surface area contributed by atoms with Gasteiger partial charge in [-0.2, -0.15) is 5.10 Å². The van der Waals surface area contributed by atoms with Crippen LogP contribution in [0.5, 0.6) is 0 Å². The van der Waals surface area contributed by atoms with Gasteiger partial charge in [0.2, 0.25) is 0 Å². The van der Waals surface area contributed by atoms with E-state index in [0.717, 1.165) is 30.8 Å². The number of rotatable bonds is 4. The second-order valence-electron chi connectivity index (χ2n) is 9.50. The van der Waals surface area contributed by atoms with Crippen LogP contribution in [0, 0.1) is 24.7 Å². The molecule has 4 saturated carbocycles. The Labute approximate surface area is 152 Å². The average molecular weight is 343 g/mol. The first kappa shape index (κ1) is 16.3. The summed E-state index contributed by atoms with van der Waals surface area (Å²) < 4.78 is 2.08. The first-order valence-electron chi connectivity index (χ1n) is 10.6. The van der Waals surface area contributed by atoms with Gasteiger partial charge in [-0.15, -0.1) is 0 Å². The molecular formula is C21H34N4. The van der Waals surface area contributed by atoms with E-state index in [9.17, 15) is 0 Å². The fraction of sp³-hybridized carbons (Fsp3) is 0.857. The summed E-state index contributed by atoms with van der Waals surface area (Å²) in [6.45, 7) is 11.4. The number of aromatic nitrogens is 2. The molecule has 5 aliphatic rings. The molecule has 138 valence electrons. The van der Waals surface area contributed by atoms with Crippen molar-refractivity contribution in [3.63, 3.8) is 0 Å². The van der Waals surface area contributed by atoms with E-state index in [1.165, 1.54) is 56.7 Å². The zero-order chi connectivity index (χ0) is 17.0. The maximum absolute atomic E-state index is 4.62. The van der Waals surface area contributed by atoms with Gasteiger partial charge in [0.15, 0.2) is 0 Å². The molecule has 1 aliphatic heterocycles. The standard InChI is InChI=1S/C21H34N4/c1-3-25-15-20(16(2)22-25)14-23-4-6-24(7-5-23)21-11-17-8-18(12-21)10-19(9-17)13-21/h15,17-19H,3-14H2,1-2H3. The van der Waals surface area contributed by atoms with Gasteiger partial charge >= 0.3 is 0 Å². The zero-order valence-corrected chi connectivity index (χ0v) is 16.1. The predicted octanol–water partition coefficient (Wildman–Crippen LogP) is 3.30. The average Bonchev–Trinajstić information content (AvgIpc) is 2.94.